The highest BCUT2D eigenvalue weighted by molar-refractivity contribution is 6.18. The molecule has 3 aliphatic rings. The fraction of sp³-hybridized carbons (Fsp3) is 0.591. The third-order valence-electron chi connectivity index (χ3n) is 6.96. The van der Waals surface area contributed by atoms with Crippen molar-refractivity contribution in [3.05, 3.63) is 30.1 Å². The smallest absolute Gasteiger partial charge is 0.273 e. The zero-order valence-electron chi connectivity index (χ0n) is 17.1. The Labute approximate surface area is 175 Å². The topological polar surface area (TPSA) is 114 Å². The number of rotatable bonds is 5. The average Bonchev–Trinajstić information content (AvgIpc) is 3.30. The zero-order chi connectivity index (χ0) is 21.3. The SMILES string of the molecule is NC(=O)C12C(=O)CN(C(=O)c3ccccn3)C1CCN2C(=O)CCC1CCCCC1. The Kier molecular flexibility index (Phi) is 5.58. The first-order valence-electron chi connectivity index (χ1n) is 10.8. The molecular formula is C22H28N4O4. The number of primary amides is 1. The van der Waals surface area contributed by atoms with E-state index < -0.39 is 29.2 Å². The van der Waals surface area contributed by atoms with Crippen LogP contribution in [0.3, 0.4) is 0 Å². The van der Waals surface area contributed by atoms with Gasteiger partial charge in [0.25, 0.3) is 11.8 Å². The monoisotopic (exact) mass is 412 g/mol. The van der Waals surface area contributed by atoms with E-state index in [1.807, 2.05) is 0 Å². The molecule has 2 N–H and O–H groups in total. The van der Waals surface area contributed by atoms with Crippen LogP contribution in [0.15, 0.2) is 24.4 Å². The van der Waals surface area contributed by atoms with Crippen LogP contribution >= 0.6 is 0 Å². The first kappa shape index (κ1) is 20.5. The number of hydrogen-bond donors (Lipinski definition) is 1. The molecule has 1 aromatic heterocycles. The van der Waals surface area contributed by atoms with Crippen LogP contribution < -0.4 is 5.73 Å². The highest BCUT2D eigenvalue weighted by Crippen LogP contribution is 2.41. The molecule has 8 heteroatoms. The number of carbonyl (C=O) groups excluding carboxylic acids is 4. The normalized spacial score (nSPS) is 26.7. The van der Waals surface area contributed by atoms with Crippen molar-refractivity contribution in [3.63, 3.8) is 0 Å². The van der Waals surface area contributed by atoms with Crippen molar-refractivity contribution in [1.82, 2.24) is 14.8 Å². The van der Waals surface area contributed by atoms with E-state index in [0.717, 1.165) is 19.3 Å². The van der Waals surface area contributed by atoms with Crippen LogP contribution in [-0.4, -0.2) is 63.0 Å². The number of nitrogens with two attached hydrogens (primary N) is 1. The number of ketones is 1. The second-order valence-corrected chi connectivity index (χ2v) is 8.59. The number of aromatic nitrogens is 1. The first-order chi connectivity index (χ1) is 14.5. The number of carbonyl (C=O) groups is 4. The molecule has 1 aliphatic carbocycles. The Morgan fingerprint density at radius 2 is 1.90 bits per heavy atom. The van der Waals surface area contributed by atoms with Crippen LogP contribution in [0, 0.1) is 5.92 Å². The molecule has 3 fully saturated rings. The largest absolute Gasteiger partial charge is 0.367 e. The summed E-state index contributed by atoms with van der Waals surface area (Å²) >= 11 is 0. The predicted molar refractivity (Wildman–Crippen MR) is 108 cm³/mol. The molecule has 0 aromatic carbocycles. The maximum Gasteiger partial charge on any atom is 0.273 e. The molecule has 3 heterocycles. The van der Waals surface area contributed by atoms with Crippen molar-refractivity contribution in [3.8, 4) is 0 Å². The molecule has 2 aliphatic heterocycles. The van der Waals surface area contributed by atoms with Gasteiger partial charge in [0, 0.05) is 19.2 Å². The quantitative estimate of drug-likeness (QED) is 0.732. The van der Waals surface area contributed by atoms with E-state index in [-0.39, 0.29) is 24.7 Å². The summed E-state index contributed by atoms with van der Waals surface area (Å²) in [7, 11) is 0. The van der Waals surface area contributed by atoms with Gasteiger partial charge in [-0.25, -0.2) is 0 Å². The molecule has 0 radical (unpaired) electrons. The van der Waals surface area contributed by atoms with E-state index in [1.165, 1.54) is 35.3 Å². The molecule has 1 saturated carbocycles. The van der Waals surface area contributed by atoms with E-state index in [4.69, 9.17) is 5.73 Å². The van der Waals surface area contributed by atoms with E-state index in [0.29, 0.717) is 18.8 Å². The Bertz CT molecular complexity index is 852. The summed E-state index contributed by atoms with van der Waals surface area (Å²) in [5, 5.41) is 0. The van der Waals surface area contributed by atoms with E-state index in [9.17, 15) is 19.2 Å². The number of likely N-dealkylation sites (tertiary alicyclic amines) is 2. The van der Waals surface area contributed by atoms with E-state index in [1.54, 1.807) is 18.2 Å². The summed E-state index contributed by atoms with van der Waals surface area (Å²) in [6, 6.07) is 4.21. The van der Waals surface area contributed by atoms with Crippen molar-refractivity contribution in [2.75, 3.05) is 13.1 Å². The summed E-state index contributed by atoms with van der Waals surface area (Å²) in [4.78, 5) is 58.5. The van der Waals surface area contributed by atoms with Crippen molar-refractivity contribution in [1.29, 1.82) is 0 Å². The van der Waals surface area contributed by atoms with Crippen LogP contribution in [0.5, 0.6) is 0 Å². The van der Waals surface area contributed by atoms with E-state index >= 15 is 0 Å². The summed E-state index contributed by atoms with van der Waals surface area (Å²) < 4.78 is 0. The molecule has 0 bridgehead atoms. The molecule has 160 valence electrons. The van der Waals surface area contributed by atoms with Crippen molar-refractivity contribution >= 4 is 23.5 Å². The fourth-order valence-corrected chi connectivity index (χ4v) is 5.46. The lowest BCUT2D eigenvalue weighted by molar-refractivity contribution is -0.149. The third kappa shape index (κ3) is 3.28. The first-order valence-corrected chi connectivity index (χ1v) is 10.8. The van der Waals surface area contributed by atoms with Gasteiger partial charge in [-0.05, 0) is 30.9 Å². The number of fused-ring (bicyclic) bond motifs is 1. The minimum Gasteiger partial charge on any atom is -0.367 e. The van der Waals surface area contributed by atoms with Crippen molar-refractivity contribution < 1.29 is 19.2 Å². The van der Waals surface area contributed by atoms with Gasteiger partial charge in [0.05, 0.1) is 12.6 Å². The van der Waals surface area contributed by atoms with Crippen molar-refractivity contribution in [2.24, 2.45) is 11.7 Å². The highest BCUT2D eigenvalue weighted by atomic mass is 16.2. The van der Waals surface area contributed by atoms with Crippen LogP contribution in [0.2, 0.25) is 0 Å². The van der Waals surface area contributed by atoms with Gasteiger partial charge in [-0.3, -0.25) is 24.2 Å². The Morgan fingerprint density at radius 3 is 2.57 bits per heavy atom. The summed E-state index contributed by atoms with van der Waals surface area (Å²) in [6.07, 6.45) is 8.80. The number of Topliss-reactive ketones (excluding diaryl/α,β-unsaturated/α-hetero) is 1. The van der Waals surface area contributed by atoms with Gasteiger partial charge >= 0.3 is 0 Å². The Hall–Kier alpha value is -2.77. The minimum atomic E-state index is -1.76. The molecule has 3 amide bonds. The van der Waals surface area contributed by atoms with E-state index in [2.05, 4.69) is 4.98 Å². The molecule has 2 unspecified atom stereocenters. The van der Waals surface area contributed by atoms with Gasteiger partial charge in [-0.15, -0.1) is 0 Å². The van der Waals surface area contributed by atoms with Gasteiger partial charge in [-0.2, -0.15) is 0 Å². The van der Waals surface area contributed by atoms with Gasteiger partial charge in [0.15, 0.2) is 5.78 Å². The predicted octanol–water partition coefficient (Wildman–Crippen LogP) is 1.29. The van der Waals surface area contributed by atoms with Gasteiger partial charge < -0.3 is 15.5 Å². The Balaban J connectivity index is 1.54. The molecule has 2 saturated heterocycles. The van der Waals surface area contributed by atoms with Crippen LogP contribution in [0.1, 0.15) is 61.9 Å². The number of nitrogens with zero attached hydrogens (tertiary/aromatic N) is 3. The number of pyridine rings is 1. The second kappa shape index (κ2) is 8.16. The van der Waals surface area contributed by atoms with Gasteiger partial charge in [-0.1, -0.05) is 38.2 Å². The fourth-order valence-electron chi connectivity index (χ4n) is 5.46. The standard InChI is InChI=1S/C22H28N4O4/c23-21(30)22-17(25(14-18(22)27)20(29)16-8-4-5-12-24-16)11-13-26(22)19(28)10-9-15-6-2-1-3-7-15/h4-5,8,12,15,17H,1-3,6-7,9-11,13-14H2,(H2,23,30). The average molecular weight is 412 g/mol. The molecule has 0 spiro atoms. The number of amides is 3. The third-order valence-corrected chi connectivity index (χ3v) is 6.96. The molecule has 8 nitrogen and oxygen atoms in total. The molecular weight excluding hydrogens is 384 g/mol. The van der Waals surface area contributed by atoms with Crippen molar-refractivity contribution in [2.45, 2.75) is 62.9 Å². The van der Waals surface area contributed by atoms with Gasteiger partial charge in [0.2, 0.25) is 11.4 Å². The molecule has 4 rings (SSSR count). The lowest BCUT2D eigenvalue weighted by atomic mass is 9.85. The lowest BCUT2D eigenvalue weighted by Crippen LogP contribution is -2.64. The molecule has 2 atom stereocenters. The van der Waals surface area contributed by atoms with Gasteiger partial charge in [0.1, 0.15) is 5.69 Å². The van der Waals surface area contributed by atoms with Crippen LogP contribution in [0.25, 0.3) is 0 Å². The number of hydrogen-bond acceptors (Lipinski definition) is 5. The summed E-state index contributed by atoms with van der Waals surface area (Å²) in [5.41, 5.74) is 4.17. The summed E-state index contributed by atoms with van der Waals surface area (Å²) in [5.74, 6) is -1.45. The maximum absolute atomic E-state index is 13.1. The zero-order valence-corrected chi connectivity index (χ0v) is 17.1. The Morgan fingerprint density at radius 1 is 1.13 bits per heavy atom. The maximum atomic E-state index is 13.1. The molecule has 30 heavy (non-hydrogen) atoms. The highest BCUT2D eigenvalue weighted by Gasteiger charge is 2.67. The van der Waals surface area contributed by atoms with Crippen LogP contribution in [-0.2, 0) is 14.4 Å². The minimum absolute atomic E-state index is 0.202. The molecule has 1 aromatic rings. The van der Waals surface area contributed by atoms with Crippen LogP contribution in [0.4, 0.5) is 0 Å². The second-order valence-electron chi connectivity index (χ2n) is 8.59. The lowest BCUT2D eigenvalue weighted by Gasteiger charge is -2.35. The summed E-state index contributed by atoms with van der Waals surface area (Å²) in [6.45, 7) is 0.00423.